The summed E-state index contributed by atoms with van der Waals surface area (Å²) in [5.74, 6) is 0.855. The molecule has 1 fully saturated rings. The fraction of sp³-hybridized carbons (Fsp3) is 0.389. The second-order valence-electron chi connectivity index (χ2n) is 6.21. The maximum Gasteiger partial charge on any atom is 0.233 e. The molecule has 1 aliphatic rings. The van der Waals surface area contributed by atoms with E-state index in [0.29, 0.717) is 18.2 Å². The summed E-state index contributed by atoms with van der Waals surface area (Å²) in [6.45, 7) is 0. The fourth-order valence-corrected chi connectivity index (χ4v) is 4.03. The highest BCUT2D eigenvalue weighted by molar-refractivity contribution is 7.92. The first kappa shape index (κ1) is 16.8. The Labute approximate surface area is 143 Å². The molecule has 128 valence electrons. The first-order valence-electron chi connectivity index (χ1n) is 8.38. The van der Waals surface area contributed by atoms with Gasteiger partial charge in [-0.05, 0) is 37.0 Å². The lowest BCUT2D eigenvalue weighted by atomic mass is 10.2. The molecule has 2 aromatic rings. The average molecular weight is 345 g/mol. The van der Waals surface area contributed by atoms with E-state index in [2.05, 4.69) is 15.0 Å². The zero-order valence-electron chi connectivity index (χ0n) is 13.6. The standard InChI is InChI=1S/C18H23N3O2S/c22-24(23,13-12-15-6-2-1-3-7-15)21-17-10-11-18(19-14-17)20-16-8-4-5-9-16/h1-3,6-7,10-11,14,16,21H,4-5,8-9,12-13H2,(H,19,20). The van der Waals surface area contributed by atoms with Crippen LogP contribution >= 0.6 is 0 Å². The van der Waals surface area contributed by atoms with Crippen LogP contribution in [0, 0.1) is 0 Å². The zero-order valence-corrected chi connectivity index (χ0v) is 14.4. The van der Waals surface area contributed by atoms with E-state index in [4.69, 9.17) is 0 Å². The highest BCUT2D eigenvalue weighted by Crippen LogP contribution is 2.22. The summed E-state index contributed by atoms with van der Waals surface area (Å²) in [7, 11) is -3.38. The van der Waals surface area contributed by atoms with Gasteiger partial charge in [0.25, 0.3) is 0 Å². The molecule has 0 atom stereocenters. The van der Waals surface area contributed by atoms with Crippen molar-refractivity contribution < 1.29 is 8.42 Å². The molecule has 2 N–H and O–H groups in total. The predicted molar refractivity (Wildman–Crippen MR) is 97.7 cm³/mol. The van der Waals surface area contributed by atoms with Crippen molar-refractivity contribution in [3.8, 4) is 0 Å². The highest BCUT2D eigenvalue weighted by Gasteiger charge is 2.15. The highest BCUT2D eigenvalue weighted by atomic mass is 32.2. The molecule has 3 rings (SSSR count). The van der Waals surface area contributed by atoms with E-state index in [-0.39, 0.29) is 5.75 Å². The summed E-state index contributed by atoms with van der Waals surface area (Å²) in [6.07, 6.45) is 6.93. The summed E-state index contributed by atoms with van der Waals surface area (Å²) >= 11 is 0. The third-order valence-corrected chi connectivity index (χ3v) is 5.53. The van der Waals surface area contributed by atoms with E-state index >= 15 is 0 Å². The lowest BCUT2D eigenvalue weighted by Gasteiger charge is -2.13. The molecule has 5 nitrogen and oxygen atoms in total. The van der Waals surface area contributed by atoms with Crippen LogP contribution in [0.25, 0.3) is 0 Å². The molecule has 1 heterocycles. The monoisotopic (exact) mass is 345 g/mol. The minimum absolute atomic E-state index is 0.0547. The number of nitrogens with one attached hydrogen (secondary N) is 2. The first-order valence-corrected chi connectivity index (χ1v) is 10.0. The van der Waals surface area contributed by atoms with E-state index in [1.807, 2.05) is 36.4 Å². The van der Waals surface area contributed by atoms with E-state index in [9.17, 15) is 8.42 Å². The topological polar surface area (TPSA) is 71.1 Å². The fourth-order valence-electron chi connectivity index (χ4n) is 2.95. The molecule has 1 aromatic carbocycles. The summed E-state index contributed by atoms with van der Waals surface area (Å²) in [5, 5.41) is 3.39. The van der Waals surface area contributed by atoms with Crippen molar-refractivity contribution >= 4 is 21.5 Å². The van der Waals surface area contributed by atoms with Gasteiger partial charge in [0.15, 0.2) is 0 Å². The predicted octanol–water partition coefficient (Wildman–Crippen LogP) is 3.42. The van der Waals surface area contributed by atoms with Crippen LogP contribution in [-0.2, 0) is 16.4 Å². The Kier molecular flexibility index (Phi) is 5.35. The number of hydrogen-bond acceptors (Lipinski definition) is 4. The van der Waals surface area contributed by atoms with Crippen LogP contribution in [0.2, 0.25) is 0 Å². The molecule has 0 bridgehead atoms. The number of aromatic nitrogens is 1. The first-order chi connectivity index (χ1) is 11.6. The molecular weight excluding hydrogens is 322 g/mol. The quantitative estimate of drug-likeness (QED) is 0.806. The Hall–Kier alpha value is -2.08. The number of benzene rings is 1. The van der Waals surface area contributed by atoms with Crippen molar-refractivity contribution in [2.75, 3.05) is 15.8 Å². The van der Waals surface area contributed by atoms with Crippen LogP contribution < -0.4 is 10.0 Å². The van der Waals surface area contributed by atoms with Gasteiger partial charge in [0.2, 0.25) is 10.0 Å². The van der Waals surface area contributed by atoms with Gasteiger partial charge < -0.3 is 5.32 Å². The van der Waals surface area contributed by atoms with Crippen molar-refractivity contribution in [2.24, 2.45) is 0 Å². The van der Waals surface area contributed by atoms with Crippen LogP contribution in [0.1, 0.15) is 31.2 Å². The van der Waals surface area contributed by atoms with Crippen molar-refractivity contribution in [3.63, 3.8) is 0 Å². The number of rotatable bonds is 7. The number of hydrogen-bond donors (Lipinski definition) is 2. The van der Waals surface area contributed by atoms with Crippen LogP contribution in [0.4, 0.5) is 11.5 Å². The molecule has 0 amide bonds. The second-order valence-corrected chi connectivity index (χ2v) is 8.06. The molecular formula is C18H23N3O2S. The van der Waals surface area contributed by atoms with Crippen LogP contribution in [0.3, 0.4) is 0 Å². The molecule has 0 saturated heterocycles. The lowest BCUT2D eigenvalue weighted by Crippen LogP contribution is -2.19. The molecule has 24 heavy (non-hydrogen) atoms. The molecule has 0 unspecified atom stereocenters. The normalized spacial score (nSPS) is 15.3. The van der Waals surface area contributed by atoms with Gasteiger partial charge in [0.1, 0.15) is 5.82 Å². The van der Waals surface area contributed by atoms with Gasteiger partial charge in [-0.2, -0.15) is 0 Å². The third kappa shape index (κ3) is 4.96. The van der Waals surface area contributed by atoms with Gasteiger partial charge >= 0.3 is 0 Å². The van der Waals surface area contributed by atoms with Gasteiger partial charge in [-0.1, -0.05) is 43.2 Å². The number of aryl methyl sites for hydroxylation is 1. The van der Waals surface area contributed by atoms with Crippen molar-refractivity contribution in [2.45, 2.75) is 38.1 Å². The summed E-state index contributed by atoms with van der Waals surface area (Å²) in [4.78, 5) is 4.31. The molecule has 1 saturated carbocycles. The number of nitrogens with zero attached hydrogens (tertiary/aromatic N) is 1. The number of anilines is 2. The van der Waals surface area contributed by atoms with E-state index in [0.717, 1.165) is 11.4 Å². The van der Waals surface area contributed by atoms with Gasteiger partial charge in [0, 0.05) is 6.04 Å². The Morgan fingerprint density at radius 3 is 2.46 bits per heavy atom. The van der Waals surface area contributed by atoms with Crippen LogP contribution in [0.5, 0.6) is 0 Å². The van der Waals surface area contributed by atoms with Crippen molar-refractivity contribution in [3.05, 3.63) is 54.2 Å². The minimum atomic E-state index is -3.38. The Morgan fingerprint density at radius 1 is 1.04 bits per heavy atom. The molecule has 6 heteroatoms. The molecule has 1 aromatic heterocycles. The largest absolute Gasteiger partial charge is 0.367 e. The maximum atomic E-state index is 12.2. The number of sulfonamides is 1. The second kappa shape index (κ2) is 7.66. The Balaban J connectivity index is 1.54. The third-order valence-electron chi connectivity index (χ3n) is 4.25. The van der Waals surface area contributed by atoms with Gasteiger partial charge in [-0.15, -0.1) is 0 Å². The zero-order chi connectivity index (χ0) is 16.8. The average Bonchev–Trinajstić information content (AvgIpc) is 3.09. The smallest absolute Gasteiger partial charge is 0.233 e. The Morgan fingerprint density at radius 2 is 1.79 bits per heavy atom. The number of pyridine rings is 1. The lowest BCUT2D eigenvalue weighted by molar-refractivity contribution is 0.600. The van der Waals surface area contributed by atoms with Crippen LogP contribution in [0.15, 0.2) is 48.7 Å². The molecule has 0 radical (unpaired) electrons. The molecule has 0 aliphatic heterocycles. The van der Waals surface area contributed by atoms with E-state index < -0.39 is 10.0 Å². The molecule has 0 spiro atoms. The van der Waals surface area contributed by atoms with Crippen molar-refractivity contribution in [1.82, 2.24) is 4.98 Å². The minimum Gasteiger partial charge on any atom is -0.367 e. The SMILES string of the molecule is O=S(=O)(CCc1ccccc1)Nc1ccc(NC2CCCC2)nc1. The van der Waals surface area contributed by atoms with Crippen LogP contribution in [-0.4, -0.2) is 25.2 Å². The van der Waals surface area contributed by atoms with Gasteiger partial charge in [-0.3, -0.25) is 4.72 Å². The maximum absolute atomic E-state index is 12.2. The summed E-state index contributed by atoms with van der Waals surface area (Å²) < 4.78 is 27.0. The Bertz CT molecular complexity index is 740. The summed E-state index contributed by atoms with van der Waals surface area (Å²) in [5.41, 5.74) is 1.51. The van der Waals surface area contributed by atoms with E-state index in [1.165, 1.54) is 25.7 Å². The van der Waals surface area contributed by atoms with Gasteiger partial charge in [0.05, 0.1) is 17.6 Å². The van der Waals surface area contributed by atoms with E-state index in [1.54, 1.807) is 12.3 Å². The summed E-state index contributed by atoms with van der Waals surface area (Å²) in [6, 6.07) is 13.7. The van der Waals surface area contributed by atoms with Gasteiger partial charge in [-0.25, -0.2) is 13.4 Å². The molecule has 1 aliphatic carbocycles. The van der Waals surface area contributed by atoms with Crippen molar-refractivity contribution in [1.29, 1.82) is 0 Å².